The van der Waals surface area contributed by atoms with Gasteiger partial charge < -0.3 is 24.8 Å². The highest BCUT2D eigenvalue weighted by atomic mass is 16.5. The van der Waals surface area contributed by atoms with E-state index < -0.39 is 6.10 Å². The third-order valence-electron chi connectivity index (χ3n) is 5.46. The van der Waals surface area contributed by atoms with Crippen LogP contribution in [0.1, 0.15) is 53.3 Å². The van der Waals surface area contributed by atoms with Gasteiger partial charge >= 0.3 is 0 Å². The molecule has 1 heterocycles. The zero-order valence-electron chi connectivity index (χ0n) is 17.4. The number of nitrogens with one attached hydrogen (secondary N) is 1. The normalized spacial score (nSPS) is 16.8. The van der Waals surface area contributed by atoms with Crippen LogP contribution in [0.2, 0.25) is 0 Å². The van der Waals surface area contributed by atoms with E-state index in [9.17, 15) is 9.90 Å². The fourth-order valence-corrected chi connectivity index (χ4v) is 3.75. The second kappa shape index (κ2) is 9.65. The first kappa shape index (κ1) is 21.0. The van der Waals surface area contributed by atoms with E-state index in [2.05, 4.69) is 10.2 Å². The molecule has 156 valence electrons. The molecule has 1 amide bonds. The molecular weight excluding hydrogens is 368 g/mol. The van der Waals surface area contributed by atoms with Crippen molar-refractivity contribution in [3.05, 3.63) is 53.1 Å². The maximum atomic E-state index is 12.8. The lowest BCUT2D eigenvalue weighted by molar-refractivity contribution is 0.0950. The maximum Gasteiger partial charge on any atom is 0.251 e. The van der Waals surface area contributed by atoms with Crippen molar-refractivity contribution in [1.29, 1.82) is 0 Å². The number of methoxy groups -OCH3 is 2. The van der Waals surface area contributed by atoms with Crippen LogP contribution < -0.4 is 19.7 Å². The Morgan fingerprint density at radius 1 is 1.14 bits per heavy atom. The number of aliphatic hydroxyl groups is 1. The fraction of sp³-hybridized carbons (Fsp3) is 0.435. The molecule has 1 atom stereocenters. The molecule has 2 N–H and O–H groups in total. The number of hydrogen-bond acceptors (Lipinski definition) is 5. The van der Waals surface area contributed by atoms with Crippen LogP contribution in [0.15, 0.2) is 36.4 Å². The minimum absolute atomic E-state index is 0.188. The summed E-state index contributed by atoms with van der Waals surface area (Å²) in [6, 6.07) is 11.1. The Hall–Kier alpha value is -2.73. The first-order chi connectivity index (χ1) is 14.0. The quantitative estimate of drug-likeness (QED) is 0.804. The molecular formula is C23H30N2O4. The van der Waals surface area contributed by atoms with Gasteiger partial charge in [-0.15, -0.1) is 0 Å². The summed E-state index contributed by atoms with van der Waals surface area (Å²) in [5, 5.41) is 13.6. The van der Waals surface area contributed by atoms with Crippen molar-refractivity contribution in [3.8, 4) is 11.5 Å². The van der Waals surface area contributed by atoms with Gasteiger partial charge in [-0.3, -0.25) is 4.79 Å². The van der Waals surface area contributed by atoms with Crippen molar-refractivity contribution in [2.24, 2.45) is 0 Å². The van der Waals surface area contributed by atoms with Crippen LogP contribution in [0.25, 0.3) is 0 Å². The molecule has 6 nitrogen and oxygen atoms in total. The van der Waals surface area contributed by atoms with E-state index in [1.807, 2.05) is 43.4 Å². The molecule has 2 aromatic carbocycles. The third-order valence-corrected chi connectivity index (χ3v) is 5.46. The van der Waals surface area contributed by atoms with Gasteiger partial charge in [-0.25, -0.2) is 0 Å². The Bertz CT molecular complexity index is 853. The van der Waals surface area contributed by atoms with Crippen molar-refractivity contribution >= 4 is 11.6 Å². The number of aliphatic hydroxyl groups excluding tert-OH is 1. The van der Waals surface area contributed by atoms with Gasteiger partial charge in [-0.1, -0.05) is 12.8 Å². The topological polar surface area (TPSA) is 71.0 Å². The lowest BCUT2D eigenvalue weighted by Crippen LogP contribution is -2.24. The Balaban J connectivity index is 1.79. The first-order valence-electron chi connectivity index (χ1n) is 10.1. The summed E-state index contributed by atoms with van der Waals surface area (Å²) in [6.45, 7) is 1.26. The largest absolute Gasteiger partial charge is 0.497 e. The highest BCUT2D eigenvalue weighted by Crippen LogP contribution is 2.32. The standard InChI is InChI=1S/C23H30N2O4/c1-25-12-6-4-5-7-21(26)19-14-16(8-10-20(19)25)23(27)24-15-17-13-18(28-2)9-11-22(17)29-3/h8-11,13-14,21,26H,4-7,12,15H2,1-3H3,(H,24,27). The van der Waals surface area contributed by atoms with E-state index in [1.165, 1.54) is 0 Å². The van der Waals surface area contributed by atoms with Gasteiger partial charge in [0.25, 0.3) is 5.91 Å². The fourth-order valence-electron chi connectivity index (χ4n) is 3.75. The zero-order valence-corrected chi connectivity index (χ0v) is 17.4. The highest BCUT2D eigenvalue weighted by molar-refractivity contribution is 5.95. The molecule has 2 aromatic rings. The molecule has 0 aromatic heterocycles. The minimum atomic E-state index is -0.559. The summed E-state index contributed by atoms with van der Waals surface area (Å²) in [5.41, 5.74) is 3.19. The lowest BCUT2D eigenvalue weighted by Gasteiger charge is -2.24. The summed E-state index contributed by atoms with van der Waals surface area (Å²) < 4.78 is 10.6. The number of hydrogen-bond donors (Lipinski definition) is 2. The van der Waals surface area contributed by atoms with Gasteiger partial charge in [-0.2, -0.15) is 0 Å². The number of benzene rings is 2. The van der Waals surface area contributed by atoms with Gasteiger partial charge in [-0.05, 0) is 49.2 Å². The molecule has 0 radical (unpaired) electrons. The Morgan fingerprint density at radius 2 is 1.97 bits per heavy atom. The van der Waals surface area contributed by atoms with Crippen LogP contribution in [0, 0.1) is 0 Å². The van der Waals surface area contributed by atoms with E-state index >= 15 is 0 Å². The van der Waals surface area contributed by atoms with Crippen molar-refractivity contribution in [3.63, 3.8) is 0 Å². The average molecular weight is 399 g/mol. The van der Waals surface area contributed by atoms with Crippen LogP contribution in [0.4, 0.5) is 5.69 Å². The van der Waals surface area contributed by atoms with Crippen molar-refractivity contribution in [1.82, 2.24) is 5.32 Å². The molecule has 6 heteroatoms. The SMILES string of the molecule is COc1ccc(OC)c(CNC(=O)c2ccc3c(c2)C(O)CCCCCN3C)c1. The van der Waals surface area contributed by atoms with E-state index in [-0.39, 0.29) is 5.91 Å². The first-order valence-corrected chi connectivity index (χ1v) is 10.1. The number of fused-ring (bicyclic) bond motifs is 1. The molecule has 0 saturated carbocycles. The summed E-state index contributed by atoms with van der Waals surface area (Å²) in [7, 11) is 5.24. The monoisotopic (exact) mass is 398 g/mol. The number of anilines is 1. The van der Waals surface area contributed by atoms with Gasteiger partial charge in [0, 0.05) is 42.5 Å². The zero-order chi connectivity index (χ0) is 20.8. The Morgan fingerprint density at radius 3 is 2.72 bits per heavy atom. The summed E-state index contributed by atoms with van der Waals surface area (Å²) in [6.07, 6.45) is 3.35. The second-order valence-electron chi connectivity index (χ2n) is 7.42. The number of carbonyl (C=O) groups excluding carboxylic acids is 1. The van der Waals surface area contributed by atoms with Crippen LogP contribution in [0.3, 0.4) is 0 Å². The van der Waals surface area contributed by atoms with Crippen LogP contribution in [-0.4, -0.2) is 38.8 Å². The van der Waals surface area contributed by atoms with Crippen molar-refractivity contribution in [2.75, 3.05) is 32.7 Å². The summed E-state index contributed by atoms with van der Waals surface area (Å²) >= 11 is 0. The number of ether oxygens (including phenoxy) is 2. The van der Waals surface area contributed by atoms with Crippen LogP contribution >= 0.6 is 0 Å². The van der Waals surface area contributed by atoms with Crippen LogP contribution in [-0.2, 0) is 6.54 Å². The van der Waals surface area contributed by atoms with E-state index in [0.29, 0.717) is 30.0 Å². The molecule has 0 aliphatic carbocycles. The summed E-state index contributed by atoms with van der Waals surface area (Å²) in [5.74, 6) is 1.21. The van der Waals surface area contributed by atoms with Gasteiger partial charge in [0.2, 0.25) is 0 Å². The van der Waals surface area contributed by atoms with Gasteiger partial charge in [0.1, 0.15) is 11.5 Å². The Kier molecular flexibility index (Phi) is 6.99. The second-order valence-corrected chi connectivity index (χ2v) is 7.42. The van der Waals surface area contributed by atoms with Crippen LogP contribution in [0.5, 0.6) is 11.5 Å². The molecule has 1 aliphatic heterocycles. The predicted molar refractivity (Wildman–Crippen MR) is 114 cm³/mol. The molecule has 1 aliphatic rings. The van der Waals surface area contributed by atoms with E-state index in [4.69, 9.17) is 9.47 Å². The Labute approximate surface area is 172 Å². The van der Waals surface area contributed by atoms with Gasteiger partial charge in [0.15, 0.2) is 0 Å². The predicted octanol–water partition coefficient (Wildman–Crippen LogP) is 3.68. The molecule has 0 saturated heterocycles. The van der Waals surface area contributed by atoms with Gasteiger partial charge in [0.05, 0.1) is 20.3 Å². The number of nitrogens with zero attached hydrogens (tertiary/aromatic N) is 1. The lowest BCUT2D eigenvalue weighted by atomic mass is 9.99. The third kappa shape index (κ3) is 5.01. The van der Waals surface area contributed by atoms with E-state index in [0.717, 1.165) is 42.6 Å². The maximum absolute atomic E-state index is 12.8. The number of rotatable bonds is 5. The summed E-state index contributed by atoms with van der Waals surface area (Å²) in [4.78, 5) is 14.9. The average Bonchev–Trinajstić information content (AvgIpc) is 2.81. The van der Waals surface area contributed by atoms with E-state index in [1.54, 1.807) is 14.2 Å². The van der Waals surface area contributed by atoms with Crippen molar-refractivity contribution < 1.29 is 19.4 Å². The molecule has 0 fully saturated rings. The molecule has 0 bridgehead atoms. The molecule has 29 heavy (non-hydrogen) atoms. The highest BCUT2D eigenvalue weighted by Gasteiger charge is 2.19. The smallest absolute Gasteiger partial charge is 0.251 e. The number of amides is 1. The molecule has 1 unspecified atom stereocenters. The number of carbonyl (C=O) groups is 1. The molecule has 3 rings (SSSR count). The minimum Gasteiger partial charge on any atom is -0.497 e. The van der Waals surface area contributed by atoms with Crippen molar-refractivity contribution in [2.45, 2.75) is 38.3 Å². The molecule has 0 spiro atoms.